The highest BCUT2D eigenvalue weighted by Gasteiger charge is 2.22. The number of rotatable bonds is 6. The van der Waals surface area contributed by atoms with Gasteiger partial charge in [0.05, 0.1) is 10.9 Å². The van der Waals surface area contributed by atoms with Crippen molar-refractivity contribution < 1.29 is 4.79 Å². The van der Waals surface area contributed by atoms with Gasteiger partial charge in [0.2, 0.25) is 11.1 Å². The maximum atomic E-state index is 12.7. The van der Waals surface area contributed by atoms with Crippen LogP contribution in [-0.2, 0) is 11.3 Å². The number of para-hydroxylation sites is 1. The van der Waals surface area contributed by atoms with Crippen LogP contribution >= 0.6 is 11.8 Å². The van der Waals surface area contributed by atoms with Crippen LogP contribution in [0.4, 0.5) is 0 Å². The molecule has 3 rings (SSSR count). The summed E-state index contributed by atoms with van der Waals surface area (Å²) in [5.74, 6) is 0.0400. The van der Waals surface area contributed by atoms with Crippen LogP contribution < -0.4 is 0 Å². The highest BCUT2D eigenvalue weighted by molar-refractivity contribution is 8.00. The molecule has 0 radical (unpaired) electrons. The summed E-state index contributed by atoms with van der Waals surface area (Å²) in [6.07, 6.45) is 0. The zero-order chi connectivity index (χ0) is 18.5. The monoisotopic (exact) mass is 367 g/mol. The van der Waals surface area contributed by atoms with E-state index in [9.17, 15) is 4.79 Å². The van der Waals surface area contributed by atoms with Gasteiger partial charge in [0, 0.05) is 13.6 Å². The first kappa shape index (κ1) is 18.1. The minimum absolute atomic E-state index is 0.0400. The summed E-state index contributed by atoms with van der Waals surface area (Å²) in [6, 6.07) is 17.8. The number of hydrogen-bond acceptors (Lipinski definition) is 5. The average molecular weight is 367 g/mol. The number of nitrogens with zero attached hydrogens (tertiary/aromatic N) is 5. The fourth-order valence-electron chi connectivity index (χ4n) is 2.66. The summed E-state index contributed by atoms with van der Waals surface area (Å²) in [7, 11) is 1.82. The number of carbonyl (C=O) groups excluding carboxylic acids is 1. The van der Waals surface area contributed by atoms with Crippen molar-refractivity contribution in [1.29, 1.82) is 0 Å². The Morgan fingerprint density at radius 2 is 1.85 bits per heavy atom. The Morgan fingerprint density at radius 3 is 2.58 bits per heavy atom. The van der Waals surface area contributed by atoms with E-state index >= 15 is 0 Å². The molecule has 7 heteroatoms. The molecule has 0 aliphatic carbocycles. The van der Waals surface area contributed by atoms with Gasteiger partial charge in [0.15, 0.2) is 0 Å². The molecule has 1 aromatic heterocycles. The Kier molecular flexibility index (Phi) is 5.68. The van der Waals surface area contributed by atoms with Crippen molar-refractivity contribution >= 4 is 17.7 Å². The molecule has 0 unspecified atom stereocenters. The molecule has 0 saturated heterocycles. The lowest BCUT2D eigenvalue weighted by molar-refractivity contribution is -0.129. The van der Waals surface area contributed by atoms with E-state index in [0.29, 0.717) is 11.7 Å². The van der Waals surface area contributed by atoms with E-state index in [4.69, 9.17) is 0 Å². The van der Waals surface area contributed by atoms with Crippen LogP contribution in [0.3, 0.4) is 0 Å². The average Bonchev–Trinajstić information content (AvgIpc) is 3.10. The molecule has 0 aliphatic heterocycles. The standard InChI is InChI=1S/C19H21N5OS/c1-14-9-7-8-12-17(14)24-19(20-21-22-24)26-15(2)18(25)23(3)13-16-10-5-4-6-11-16/h4-12,15H,13H2,1-3H3/t15-/m0/s1. The Bertz CT molecular complexity index is 880. The third-order valence-corrected chi connectivity index (χ3v) is 5.07. The molecule has 6 nitrogen and oxygen atoms in total. The maximum Gasteiger partial charge on any atom is 0.235 e. The summed E-state index contributed by atoms with van der Waals surface area (Å²) in [4.78, 5) is 14.4. The smallest absolute Gasteiger partial charge is 0.235 e. The van der Waals surface area contributed by atoms with Gasteiger partial charge in [-0.3, -0.25) is 4.79 Å². The molecular formula is C19H21N5OS. The molecule has 0 saturated carbocycles. The SMILES string of the molecule is Cc1ccccc1-n1nnnc1S[C@@H](C)C(=O)N(C)Cc1ccccc1. The fourth-order valence-corrected chi connectivity index (χ4v) is 3.57. The summed E-state index contributed by atoms with van der Waals surface area (Å²) in [6.45, 7) is 4.46. The summed E-state index contributed by atoms with van der Waals surface area (Å²) < 4.78 is 1.68. The molecule has 0 spiro atoms. The third kappa shape index (κ3) is 4.11. The van der Waals surface area contributed by atoms with Crippen LogP contribution in [0.25, 0.3) is 5.69 Å². The molecular weight excluding hydrogens is 346 g/mol. The van der Waals surface area contributed by atoms with E-state index in [1.807, 2.05) is 75.5 Å². The van der Waals surface area contributed by atoms with E-state index in [0.717, 1.165) is 16.8 Å². The van der Waals surface area contributed by atoms with Crippen molar-refractivity contribution in [3.8, 4) is 5.69 Å². The second kappa shape index (κ2) is 8.14. The van der Waals surface area contributed by atoms with Gasteiger partial charge in [-0.1, -0.05) is 60.3 Å². The summed E-state index contributed by atoms with van der Waals surface area (Å²) in [5, 5.41) is 12.3. The number of carbonyl (C=O) groups is 1. The molecule has 134 valence electrons. The van der Waals surface area contributed by atoms with E-state index in [1.54, 1.807) is 9.58 Å². The number of aryl methyl sites for hydroxylation is 1. The minimum Gasteiger partial charge on any atom is -0.340 e. The number of amides is 1. The van der Waals surface area contributed by atoms with Crippen molar-refractivity contribution in [2.45, 2.75) is 30.8 Å². The first-order valence-electron chi connectivity index (χ1n) is 8.36. The lowest BCUT2D eigenvalue weighted by atomic mass is 10.2. The van der Waals surface area contributed by atoms with Crippen LogP contribution in [0.5, 0.6) is 0 Å². The van der Waals surface area contributed by atoms with Crippen LogP contribution in [-0.4, -0.2) is 43.3 Å². The Balaban J connectivity index is 1.70. The van der Waals surface area contributed by atoms with Crippen LogP contribution in [0.15, 0.2) is 59.8 Å². The van der Waals surface area contributed by atoms with Crippen molar-refractivity contribution in [2.24, 2.45) is 0 Å². The van der Waals surface area contributed by atoms with Crippen molar-refractivity contribution in [3.05, 3.63) is 65.7 Å². The van der Waals surface area contributed by atoms with Gasteiger partial charge in [0.1, 0.15) is 0 Å². The van der Waals surface area contributed by atoms with Gasteiger partial charge < -0.3 is 4.90 Å². The van der Waals surface area contributed by atoms with E-state index in [-0.39, 0.29) is 11.2 Å². The zero-order valence-electron chi connectivity index (χ0n) is 15.0. The molecule has 1 atom stereocenters. The molecule has 0 aliphatic rings. The minimum atomic E-state index is -0.294. The highest BCUT2D eigenvalue weighted by Crippen LogP contribution is 2.25. The number of thioether (sulfide) groups is 1. The van der Waals surface area contributed by atoms with E-state index < -0.39 is 0 Å². The molecule has 0 bridgehead atoms. The Labute approximate surface area is 157 Å². The number of tetrazole rings is 1. The predicted molar refractivity (Wildman–Crippen MR) is 102 cm³/mol. The van der Waals surface area contributed by atoms with Gasteiger partial charge in [0.25, 0.3) is 0 Å². The third-order valence-electron chi connectivity index (χ3n) is 4.05. The zero-order valence-corrected chi connectivity index (χ0v) is 15.8. The first-order valence-corrected chi connectivity index (χ1v) is 9.24. The quantitative estimate of drug-likeness (QED) is 0.627. The van der Waals surface area contributed by atoms with Crippen molar-refractivity contribution in [3.63, 3.8) is 0 Å². The lowest BCUT2D eigenvalue weighted by Crippen LogP contribution is -2.33. The molecule has 0 N–H and O–H groups in total. The predicted octanol–water partition coefficient (Wildman–Crippen LogP) is 3.11. The molecule has 3 aromatic rings. The Morgan fingerprint density at radius 1 is 1.15 bits per heavy atom. The molecule has 0 fully saturated rings. The second-order valence-electron chi connectivity index (χ2n) is 6.10. The van der Waals surface area contributed by atoms with Gasteiger partial charge >= 0.3 is 0 Å². The van der Waals surface area contributed by atoms with Gasteiger partial charge in [-0.2, -0.15) is 4.68 Å². The van der Waals surface area contributed by atoms with E-state index in [2.05, 4.69) is 15.5 Å². The van der Waals surface area contributed by atoms with E-state index in [1.165, 1.54) is 11.8 Å². The van der Waals surface area contributed by atoms with Gasteiger partial charge in [-0.05, 0) is 41.5 Å². The molecule has 2 aromatic carbocycles. The fraction of sp³-hybridized carbons (Fsp3) is 0.263. The lowest BCUT2D eigenvalue weighted by Gasteiger charge is -2.21. The summed E-state index contributed by atoms with van der Waals surface area (Å²) >= 11 is 1.36. The number of aromatic nitrogens is 4. The number of hydrogen-bond donors (Lipinski definition) is 0. The second-order valence-corrected chi connectivity index (χ2v) is 7.41. The van der Waals surface area contributed by atoms with Gasteiger partial charge in [-0.25, -0.2) is 0 Å². The molecule has 1 amide bonds. The maximum absolute atomic E-state index is 12.7. The summed E-state index contributed by atoms with van der Waals surface area (Å²) in [5.41, 5.74) is 3.09. The van der Waals surface area contributed by atoms with Crippen LogP contribution in [0, 0.1) is 6.92 Å². The van der Waals surface area contributed by atoms with Crippen molar-refractivity contribution in [1.82, 2.24) is 25.1 Å². The number of benzene rings is 2. The van der Waals surface area contributed by atoms with Gasteiger partial charge in [-0.15, -0.1) is 5.10 Å². The molecule has 1 heterocycles. The largest absolute Gasteiger partial charge is 0.340 e. The highest BCUT2D eigenvalue weighted by atomic mass is 32.2. The van der Waals surface area contributed by atoms with Crippen molar-refractivity contribution in [2.75, 3.05) is 7.05 Å². The molecule has 26 heavy (non-hydrogen) atoms. The Hall–Kier alpha value is -2.67. The first-order chi connectivity index (χ1) is 12.6. The topological polar surface area (TPSA) is 63.9 Å². The van der Waals surface area contributed by atoms with Crippen LogP contribution in [0.1, 0.15) is 18.1 Å². The van der Waals surface area contributed by atoms with Crippen LogP contribution in [0.2, 0.25) is 0 Å². The normalized spacial score (nSPS) is 12.0.